The number of aliphatic carboxylic acids is 2. The van der Waals surface area contributed by atoms with Crippen LogP contribution in [0.4, 0.5) is 0 Å². The van der Waals surface area contributed by atoms with Crippen LogP contribution in [0.25, 0.3) is 0 Å². The third-order valence-electron chi connectivity index (χ3n) is 15.4. The number of benzene rings is 2. The molecule has 0 spiro atoms. The van der Waals surface area contributed by atoms with E-state index in [-0.39, 0.29) is 36.0 Å². The summed E-state index contributed by atoms with van der Waals surface area (Å²) in [6.07, 6.45) is 8.93. The van der Waals surface area contributed by atoms with E-state index in [1.165, 1.54) is 13.8 Å². The smallest absolute Gasteiger partial charge is 0.310 e. The number of hydrogen-bond acceptors (Lipinski definition) is 8. The average molecular weight is 777 g/mol. The minimum atomic E-state index is -1.09. The van der Waals surface area contributed by atoms with Gasteiger partial charge in [-0.1, -0.05) is 6.42 Å². The van der Waals surface area contributed by atoms with E-state index >= 15 is 0 Å². The van der Waals surface area contributed by atoms with E-state index in [4.69, 9.17) is 18.9 Å². The first-order valence-corrected chi connectivity index (χ1v) is 20.5. The van der Waals surface area contributed by atoms with Crippen molar-refractivity contribution in [1.82, 2.24) is 0 Å². The minimum Gasteiger partial charge on any atom is -0.493 e. The van der Waals surface area contributed by atoms with Crippen molar-refractivity contribution in [1.29, 1.82) is 0 Å². The van der Waals surface area contributed by atoms with Crippen molar-refractivity contribution in [3.63, 3.8) is 0 Å². The SMILES string of the molecule is COc1cc(C[N+]2(C)C3CCC2CC([C@H]2[C@H](C(=O)O)CCC[C@@]2(C(=O)O)C2CC4CCC(C2)[N+]4(C)Cc2ccc(OC(C)=O)c(OC)c2)C3)ccc1OC(C)=O. The van der Waals surface area contributed by atoms with Crippen LogP contribution in [-0.2, 0) is 32.3 Å². The van der Waals surface area contributed by atoms with Gasteiger partial charge < -0.3 is 38.1 Å². The summed E-state index contributed by atoms with van der Waals surface area (Å²) in [5.74, 6) is -1.85. The highest BCUT2D eigenvalue weighted by Gasteiger charge is 2.66. The second-order valence-electron chi connectivity index (χ2n) is 18.0. The number of ether oxygens (including phenoxy) is 4. The van der Waals surface area contributed by atoms with Gasteiger partial charge in [0.2, 0.25) is 0 Å². The Morgan fingerprint density at radius 2 is 1.12 bits per heavy atom. The maximum Gasteiger partial charge on any atom is 0.310 e. The van der Waals surface area contributed by atoms with Crippen LogP contribution in [0, 0.1) is 29.1 Å². The van der Waals surface area contributed by atoms with E-state index in [0.29, 0.717) is 42.3 Å². The van der Waals surface area contributed by atoms with E-state index < -0.39 is 41.1 Å². The Hall–Kier alpha value is -4.16. The molecule has 4 saturated heterocycles. The molecule has 56 heavy (non-hydrogen) atoms. The van der Waals surface area contributed by atoms with Gasteiger partial charge in [0.25, 0.3) is 0 Å². The molecule has 5 aliphatic rings. The van der Waals surface area contributed by atoms with Crippen molar-refractivity contribution in [3.05, 3.63) is 47.5 Å². The monoisotopic (exact) mass is 776 g/mol. The minimum absolute atomic E-state index is 0.0146. The van der Waals surface area contributed by atoms with Crippen LogP contribution < -0.4 is 18.9 Å². The molecule has 1 aliphatic carbocycles. The molecule has 2 aromatic carbocycles. The number of carbonyl (C=O) groups excluding carboxylic acids is 2. The summed E-state index contributed by atoms with van der Waals surface area (Å²) >= 11 is 0. The molecule has 4 bridgehead atoms. The number of methoxy groups -OCH3 is 2. The number of nitrogens with zero attached hydrogens (tertiary/aromatic N) is 2. The quantitative estimate of drug-likeness (QED) is 0.137. The van der Waals surface area contributed by atoms with Gasteiger partial charge in [-0.2, -0.15) is 0 Å². The Morgan fingerprint density at radius 1 is 0.679 bits per heavy atom. The molecule has 12 nitrogen and oxygen atoms in total. The number of esters is 2. The molecule has 2 N–H and O–H groups in total. The molecule has 5 fully saturated rings. The molecule has 7 rings (SSSR count). The Bertz CT molecular complexity index is 1830. The van der Waals surface area contributed by atoms with Crippen molar-refractivity contribution in [2.75, 3.05) is 28.3 Å². The fourth-order valence-corrected chi connectivity index (χ4v) is 12.9. The van der Waals surface area contributed by atoms with Crippen LogP contribution in [0.15, 0.2) is 36.4 Å². The predicted octanol–water partition coefficient (Wildman–Crippen LogP) is 6.60. The van der Waals surface area contributed by atoms with Crippen LogP contribution in [0.1, 0.15) is 95.6 Å². The molecule has 0 amide bonds. The third kappa shape index (κ3) is 6.94. The van der Waals surface area contributed by atoms with Crippen LogP contribution in [0.5, 0.6) is 23.0 Å². The first-order chi connectivity index (χ1) is 26.6. The largest absolute Gasteiger partial charge is 0.493 e. The van der Waals surface area contributed by atoms with Crippen LogP contribution in [0.2, 0.25) is 0 Å². The summed E-state index contributed by atoms with van der Waals surface area (Å²) in [6.45, 7) is 4.24. The second kappa shape index (κ2) is 15.3. The van der Waals surface area contributed by atoms with Gasteiger partial charge in [-0.3, -0.25) is 19.2 Å². The number of piperidine rings is 2. The molecule has 0 radical (unpaired) electrons. The molecule has 4 heterocycles. The number of fused-ring (bicyclic) bond motifs is 4. The topological polar surface area (TPSA) is 146 Å². The zero-order valence-electron chi connectivity index (χ0n) is 33.8. The normalized spacial score (nSPS) is 36.0. The molecule has 1 saturated carbocycles. The highest BCUT2D eigenvalue weighted by molar-refractivity contribution is 5.79. The number of quaternary nitrogens is 2. The zero-order valence-corrected chi connectivity index (χ0v) is 33.8. The standard InChI is InChI=1S/C44H58N2O10/c1-26(47)55-37-15-9-28(18-39(37)53-5)24-45(3)32-11-12-33(45)21-30(20-32)41-36(42(49)50)8-7-17-44(41,43(51)52)31-22-34-13-14-35(23-31)46(34,4)25-29-10-16-38(56-27(2)48)40(19-29)54-6/h9-10,15-16,18-19,30-36,41H,7-8,11-14,17,20-25H2,1-6H3/p+2/t30?,31?,32?,33?,34?,35?,36-,41+,44-,45?,46?/m1/s1. The fourth-order valence-electron chi connectivity index (χ4n) is 12.9. The molecular weight excluding hydrogens is 716 g/mol. The van der Waals surface area contributed by atoms with Gasteiger partial charge >= 0.3 is 23.9 Å². The molecule has 12 heteroatoms. The fraction of sp³-hybridized carbons (Fsp3) is 0.636. The summed E-state index contributed by atoms with van der Waals surface area (Å²) in [7, 11) is 7.74. The zero-order chi connectivity index (χ0) is 40.2. The van der Waals surface area contributed by atoms with Gasteiger partial charge in [-0.25, -0.2) is 0 Å². The average Bonchev–Trinajstić information content (AvgIpc) is 3.38. The summed E-state index contributed by atoms with van der Waals surface area (Å²) in [4.78, 5) is 50.6. The maximum atomic E-state index is 14.1. The van der Waals surface area contributed by atoms with E-state index in [1.807, 2.05) is 24.3 Å². The van der Waals surface area contributed by atoms with Gasteiger partial charge in [0.15, 0.2) is 23.0 Å². The van der Waals surface area contributed by atoms with Gasteiger partial charge in [-0.15, -0.1) is 0 Å². The van der Waals surface area contributed by atoms with Gasteiger partial charge in [-0.05, 0) is 67.0 Å². The second-order valence-corrected chi connectivity index (χ2v) is 18.0. The first-order valence-electron chi connectivity index (χ1n) is 20.5. The number of rotatable bonds is 12. The summed E-state index contributed by atoms with van der Waals surface area (Å²) in [5, 5.41) is 22.3. The highest BCUT2D eigenvalue weighted by atomic mass is 16.6. The lowest BCUT2D eigenvalue weighted by molar-refractivity contribution is -0.962. The lowest BCUT2D eigenvalue weighted by Gasteiger charge is -2.58. The number of hydrogen-bond donors (Lipinski definition) is 2. The van der Waals surface area contributed by atoms with Crippen molar-refractivity contribution in [2.24, 2.45) is 29.1 Å². The number of carboxylic acid groups (broad SMARTS) is 2. The van der Waals surface area contributed by atoms with Crippen molar-refractivity contribution in [3.8, 4) is 23.0 Å². The third-order valence-corrected chi connectivity index (χ3v) is 15.4. The van der Waals surface area contributed by atoms with Gasteiger partial charge in [0, 0.05) is 76.3 Å². The number of carboxylic acids is 2. The van der Waals surface area contributed by atoms with E-state index in [2.05, 4.69) is 14.1 Å². The van der Waals surface area contributed by atoms with Crippen molar-refractivity contribution in [2.45, 2.75) is 122 Å². The van der Waals surface area contributed by atoms with Gasteiger partial charge in [0.1, 0.15) is 13.1 Å². The predicted molar refractivity (Wildman–Crippen MR) is 206 cm³/mol. The van der Waals surface area contributed by atoms with Crippen LogP contribution >= 0.6 is 0 Å². The maximum absolute atomic E-state index is 14.1. The molecule has 7 atom stereocenters. The lowest BCUT2D eigenvalue weighted by Crippen LogP contribution is -2.64. The van der Waals surface area contributed by atoms with Crippen molar-refractivity contribution < 1.29 is 57.3 Å². The Balaban J connectivity index is 1.15. The summed E-state index contributed by atoms with van der Waals surface area (Å²) < 4.78 is 23.5. The molecule has 304 valence electrons. The summed E-state index contributed by atoms with van der Waals surface area (Å²) in [5.41, 5.74) is 1.06. The molecule has 4 aliphatic heterocycles. The van der Waals surface area contributed by atoms with Crippen molar-refractivity contribution >= 4 is 23.9 Å². The number of carbonyl (C=O) groups is 4. The summed E-state index contributed by atoms with van der Waals surface area (Å²) in [6, 6.07) is 12.5. The lowest BCUT2D eigenvalue weighted by atomic mass is 9.49. The Labute approximate surface area is 330 Å². The molecular formula is C44H60N2O10+2. The Kier molecular flexibility index (Phi) is 10.9. The molecule has 0 aromatic heterocycles. The van der Waals surface area contributed by atoms with E-state index in [1.54, 1.807) is 26.4 Å². The molecule has 4 unspecified atom stereocenters. The first kappa shape index (κ1) is 40.1. The molecule has 2 aromatic rings. The van der Waals surface area contributed by atoms with Gasteiger partial charge in [0.05, 0.1) is 63.8 Å². The van der Waals surface area contributed by atoms with E-state index in [9.17, 15) is 29.4 Å². The van der Waals surface area contributed by atoms with Crippen LogP contribution in [-0.4, -0.2) is 95.5 Å². The van der Waals surface area contributed by atoms with Crippen LogP contribution in [0.3, 0.4) is 0 Å². The Morgan fingerprint density at radius 3 is 1.52 bits per heavy atom. The highest BCUT2D eigenvalue weighted by Crippen LogP contribution is 2.62. The van der Waals surface area contributed by atoms with E-state index in [0.717, 1.165) is 84.5 Å².